The summed E-state index contributed by atoms with van der Waals surface area (Å²) in [5, 5.41) is 8.07. The predicted molar refractivity (Wildman–Crippen MR) is 58.0 cm³/mol. The van der Waals surface area contributed by atoms with Crippen LogP contribution < -0.4 is 0 Å². The normalized spacial score (nSPS) is 9.23. The Morgan fingerprint density at radius 2 is 1.46 bits per heavy atom. The fraction of sp³-hybridized carbons (Fsp3) is 1.00. The lowest BCUT2D eigenvalue weighted by molar-refractivity contribution is 0.102. The van der Waals surface area contributed by atoms with E-state index in [9.17, 15) is 0 Å². The Morgan fingerprint density at radius 3 is 1.69 bits per heavy atom. The molecule has 0 unspecified atom stereocenters. The van der Waals surface area contributed by atoms with Crippen LogP contribution in [0, 0.1) is 0 Å². The number of unbranched alkanes of at least 4 members (excludes halogenated alkanes) is 4. The Labute approximate surface area is 83.3 Å². The highest BCUT2D eigenvalue weighted by Gasteiger charge is 1.80. The third-order valence-corrected chi connectivity index (χ3v) is 1.65. The molecule has 82 valence electrons. The summed E-state index contributed by atoms with van der Waals surface area (Å²) in [5.41, 5.74) is 0. The molecule has 1 N–H and O–H groups in total. The fourth-order valence-corrected chi connectivity index (χ4v) is 0.886. The summed E-state index contributed by atoms with van der Waals surface area (Å²) in [4.78, 5) is 0. The second-order valence-corrected chi connectivity index (χ2v) is 2.98. The Balaban J connectivity index is 0. The van der Waals surface area contributed by atoms with E-state index in [1.807, 2.05) is 6.92 Å². The van der Waals surface area contributed by atoms with E-state index in [1.165, 1.54) is 32.1 Å². The molecule has 0 rings (SSSR count). The van der Waals surface area contributed by atoms with E-state index in [1.54, 1.807) is 0 Å². The van der Waals surface area contributed by atoms with Crippen LogP contribution >= 0.6 is 0 Å². The van der Waals surface area contributed by atoms with Gasteiger partial charge in [0, 0.05) is 6.61 Å². The van der Waals surface area contributed by atoms with Gasteiger partial charge in [0.2, 0.25) is 0 Å². The molecule has 0 aromatic rings. The SMILES string of the molecule is CCCCCCC.CCOCCO. The van der Waals surface area contributed by atoms with Crippen LogP contribution in [0.5, 0.6) is 0 Å². The molecule has 0 aliphatic heterocycles. The minimum atomic E-state index is 0.133. The standard InChI is InChI=1S/C7H16.C4H10O2/c1-3-5-7-6-4-2;1-2-6-4-3-5/h3-7H2,1-2H3;5H,2-4H2,1H3. The van der Waals surface area contributed by atoms with Gasteiger partial charge in [-0.2, -0.15) is 0 Å². The summed E-state index contributed by atoms with van der Waals surface area (Å²) < 4.78 is 4.73. The van der Waals surface area contributed by atoms with Crippen molar-refractivity contribution in [2.24, 2.45) is 0 Å². The van der Waals surface area contributed by atoms with Gasteiger partial charge in [0.1, 0.15) is 0 Å². The van der Waals surface area contributed by atoms with Crippen molar-refractivity contribution in [2.75, 3.05) is 19.8 Å². The molecular formula is C11H26O2. The number of hydrogen-bond acceptors (Lipinski definition) is 2. The van der Waals surface area contributed by atoms with Gasteiger partial charge in [0.15, 0.2) is 0 Å². The van der Waals surface area contributed by atoms with Gasteiger partial charge >= 0.3 is 0 Å². The maximum atomic E-state index is 8.07. The summed E-state index contributed by atoms with van der Waals surface area (Å²) in [6.07, 6.45) is 7.01. The lowest BCUT2D eigenvalue weighted by atomic mass is 10.2. The number of hydrogen-bond donors (Lipinski definition) is 1. The molecule has 0 heterocycles. The highest BCUT2D eigenvalue weighted by atomic mass is 16.5. The van der Waals surface area contributed by atoms with E-state index in [0.29, 0.717) is 13.2 Å². The number of aliphatic hydroxyl groups is 1. The molecule has 0 aliphatic carbocycles. The smallest absolute Gasteiger partial charge is 0.0697 e. The first kappa shape index (κ1) is 15.4. The molecule has 0 fully saturated rings. The van der Waals surface area contributed by atoms with E-state index in [0.717, 1.165) is 0 Å². The Morgan fingerprint density at radius 1 is 0.923 bits per heavy atom. The van der Waals surface area contributed by atoms with Crippen molar-refractivity contribution in [3.8, 4) is 0 Å². The molecule has 0 spiro atoms. The summed E-state index contributed by atoms with van der Waals surface area (Å²) >= 11 is 0. The summed E-state index contributed by atoms with van der Waals surface area (Å²) in [5.74, 6) is 0. The second-order valence-electron chi connectivity index (χ2n) is 2.98. The van der Waals surface area contributed by atoms with Crippen molar-refractivity contribution in [2.45, 2.75) is 52.9 Å². The van der Waals surface area contributed by atoms with Gasteiger partial charge in [-0.1, -0.05) is 46.0 Å². The summed E-state index contributed by atoms with van der Waals surface area (Å²) in [6.45, 7) is 7.69. The zero-order valence-electron chi connectivity index (χ0n) is 9.51. The van der Waals surface area contributed by atoms with Gasteiger partial charge in [-0.25, -0.2) is 0 Å². The van der Waals surface area contributed by atoms with Crippen molar-refractivity contribution in [1.82, 2.24) is 0 Å². The molecule has 0 radical (unpaired) electrons. The van der Waals surface area contributed by atoms with Gasteiger partial charge in [0.05, 0.1) is 13.2 Å². The Hall–Kier alpha value is -0.0800. The van der Waals surface area contributed by atoms with E-state index in [-0.39, 0.29) is 6.61 Å². The van der Waals surface area contributed by atoms with E-state index in [2.05, 4.69) is 13.8 Å². The van der Waals surface area contributed by atoms with Crippen LogP contribution in [0.3, 0.4) is 0 Å². The maximum Gasteiger partial charge on any atom is 0.0697 e. The van der Waals surface area contributed by atoms with Crippen molar-refractivity contribution < 1.29 is 9.84 Å². The first-order valence-corrected chi connectivity index (χ1v) is 5.51. The lowest BCUT2D eigenvalue weighted by Gasteiger charge is -1.91. The van der Waals surface area contributed by atoms with Crippen LogP contribution in [0.1, 0.15) is 52.9 Å². The minimum Gasteiger partial charge on any atom is -0.394 e. The van der Waals surface area contributed by atoms with Crippen LogP contribution in [0.4, 0.5) is 0 Å². The van der Waals surface area contributed by atoms with Crippen LogP contribution in [-0.2, 0) is 4.74 Å². The third kappa shape index (κ3) is 24.5. The molecule has 0 aromatic heterocycles. The van der Waals surface area contributed by atoms with Crippen molar-refractivity contribution in [3.05, 3.63) is 0 Å². The van der Waals surface area contributed by atoms with Crippen LogP contribution in [0.2, 0.25) is 0 Å². The predicted octanol–water partition coefficient (Wildman–Crippen LogP) is 2.99. The molecule has 2 nitrogen and oxygen atoms in total. The summed E-state index contributed by atoms with van der Waals surface area (Å²) in [7, 11) is 0. The van der Waals surface area contributed by atoms with E-state index < -0.39 is 0 Å². The topological polar surface area (TPSA) is 29.5 Å². The highest BCUT2D eigenvalue weighted by molar-refractivity contribution is 4.35. The van der Waals surface area contributed by atoms with Gasteiger partial charge in [0.25, 0.3) is 0 Å². The lowest BCUT2D eigenvalue weighted by Crippen LogP contribution is -1.96. The average molecular weight is 190 g/mol. The molecule has 13 heavy (non-hydrogen) atoms. The molecule has 0 atom stereocenters. The van der Waals surface area contributed by atoms with Crippen LogP contribution in [0.15, 0.2) is 0 Å². The number of rotatable bonds is 7. The number of aliphatic hydroxyl groups excluding tert-OH is 1. The molecule has 0 amide bonds. The first-order valence-electron chi connectivity index (χ1n) is 5.51. The molecule has 0 saturated carbocycles. The van der Waals surface area contributed by atoms with Gasteiger partial charge in [-0.05, 0) is 6.92 Å². The van der Waals surface area contributed by atoms with E-state index >= 15 is 0 Å². The third-order valence-electron chi connectivity index (χ3n) is 1.65. The monoisotopic (exact) mass is 190 g/mol. The first-order chi connectivity index (χ1) is 6.33. The minimum absolute atomic E-state index is 0.133. The molecule has 2 heteroatoms. The van der Waals surface area contributed by atoms with Gasteiger partial charge in [-0.15, -0.1) is 0 Å². The Kier molecular flexibility index (Phi) is 21.2. The zero-order valence-corrected chi connectivity index (χ0v) is 9.51. The molecule has 0 saturated heterocycles. The summed E-state index contributed by atoms with van der Waals surface area (Å²) in [6, 6.07) is 0. The van der Waals surface area contributed by atoms with Crippen LogP contribution in [-0.4, -0.2) is 24.9 Å². The second kappa shape index (κ2) is 17.9. The van der Waals surface area contributed by atoms with E-state index in [4.69, 9.17) is 9.84 Å². The fourth-order valence-electron chi connectivity index (χ4n) is 0.886. The molecular weight excluding hydrogens is 164 g/mol. The van der Waals surface area contributed by atoms with Gasteiger partial charge in [-0.3, -0.25) is 0 Å². The van der Waals surface area contributed by atoms with Crippen molar-refractivity contribution in [1.29, 1.82) is 0 Å². The Bertz CT molecular complexity index is 57.1. The van der Waals surface area contributed by atoms with Crippen LogP contribution in [0.25, 0.3) is 0 Å². The largest absolute Gasteiger partial charge is 0.394 e. The average Bonchev–Trinajstić information content (AvgIpc) is 2.17. The highest BCUT2D eigenvalue weighted by Crippen LogP contribution is 2.00. The zero-order chi connectivity index (χ0) is 10.4. The molecule has 0 bridgehead atoms. The molecule has 0 aliphatic rings. The molecule has 0 aromatic carbocycles. The van der Waals surface area contributed by atoms with Crippen molar-refractivity contribution in [3.63, 3.8) is 0 Å². The van der Waals surface area contributed by atoms with Crippen molar-refractivity contribution >= 4 is 0 Å². The maximum absolute atomic E-state index is 8.07. The number of ether oxygens (including phenoxy) is 1. The van der Waals surface area contributed by atoms with Gasteiger partial charge < -0.3 is 9.84 Å². The quantitative estimate of drug-likeness (QED) is 0.625.